The van der Waals surface area contributed by atoms with Gasteiger partial charge in [0.05, 0.1) is 0 Å². The fourth-order valence-corrected chi connectivity index (χ4v) is 3.51. The molecule has 0 atom stereocenters. The average molecular weight is 285 g/mol. The summed E-state index contributed by atoms with van der Waals surface area (Å²) in [6.07, 6.45) is 0. The lowest BCUT2D eigenvalue weighted by Gasteiger charge is -2.40. The van der Waals surface area contributed by atoms with Gasteiger partial charge < -0.3 is 27.8 Å². The van der Waals surface area contributed by atoms with Crippen LogP contribution in [0, 0.1) is 0 Å². The van der Waals surface area contributed by atoms with Crippen LogP contribution in [0.3, 0.4) is 0 Å². The summed E-state index contributed by atoms with van der Waals surface area (Å²) in [5.74, 6) is 0. The van der Waals surface area contributed by atoms with Crippen molar-refractivity contribution in [2.24, 2.45) is 0 Å². The molecule has 17 heavy (non-hydrogen) atoms. The first-order valence-electron chi connectivity index (χ1n) is 5.05. The molecular formula is C8H23NO6Si2. The lowest BCUT2D eigenvalue weighted by molar-refractivity contribution is -0.260. The molecule has 0 saturated heterocycles. The first kappa shape index (κ1) is 17.2. The molecule has 0 rings (SSSR count). The van der Waals surface area contributed by atoms with E-state index in [4.69, 9.17) is 27.8 Å². The molecule has 0 fully saturated rings. The summed E-state index contributed by atoms with van der Waals surface area (Å²) in [5, 5.41) is 3.07. The standard InChI is InChI=1S/C8H23NO6Si2/c1-10-7(11-2,16-14-5)9-8(12-3,13-4)17-15-6/h9H,16-17H2,1-6H3. The van der Waals surface area contributed by atoms with E-state index < -0.39 is 30.6 Å². The van der Waals surface area contributed by atoms with Gasteiger partial charge in [0.1, 0.15) is 0 Å². The topological polar surface area (TPSA) is 67.4 Å². The van der Waals surface area contributed by atoms with Crippen molar-refractivity contribution in [3.63, 3.8) is 0 Å². The van der Waals surface area contributed by atoms with Gasteiger partial charge in [-0.05, 0) is 0 Å². The normalized spacial score (nSPS) is 14.5. The van der Waals surface area contributed by atoms with E-state index in [9.17, 15) is 0 Å². The highest BCUT2D eigenvalue weighted by atomic mass is 28.2. The first-order valence-corrected chi connectivity index (χ1v) is 7.62. The molecule has 0 radical (unpaired) electrons. The second-order valence-electron chi connectivity index (χ2n) is 3.31. The van der Waals surface area contributed by atoms with Crippen molar-refractivity contribution in [3.8, 4) is 0 Å². The summed E-state index contributed by atoms with van der Waals surface area (Å²) in [4.78, 5) is 0. The van der Waals surface area contributed by atoms with Gasteiger partial charge in [-0.25, -0.2) is 5.32 Å². The SMILES string of the molecule is CO[SiH2]C(NC(OC)(OC)[SiH2]OC)(OC)OC. The Morgan fingerprint density at radius 1 is 0.647 bits per heavy atom. The van der Waals surface area contributed by atoms with E-state index >= 15 is 0 Å². The van der Waals surface area contributed by atoms with Gasteiger partial charge in [0.2, 0.25) is 30.6 Å². The highest BCUT2D eigenvalue weighted by Crippen LogP contribution is 2.15. The average Bonchev–Trinajstić information content (AvgIpc) is 2.37. The molecule has 0 aliphatic carbocycles. The second-order valence-corrected chi connectivity index (χ2v) is 6.91. The Morgan fingerprint density at radius 3 is 1.12 bits per heavy atom. The molecule has 0 unspecified atom stereocenters. The molecule has 0 heterocycles. The van der Waals surface area contributed by atoms with Gasteiger partial charge in [-0.1, -0.05) is 0 Å². The molecule has 0 aliphatic heterocycles. The van der Waals surface area contributed by atoms with Gasteiger partial charge in [-0.3, -0.25) is 0 Å². The smallest absolute Gasteiger partial charge is 0.247 e. The molecule has 1 N–H and O–H groups in total. The van der Waals surface area contributed by atoms with E-state index in [-0.39, 0.29) is 0 Å². The summed E-state index contributed by atoms with van der Waals surface area (Å²) < 4.78 is 31.8. The highest BCUT2D eigenvalue weighted by Gasteiger charge is 2.42. The summed E-state index contributed by atoms with van der Waals surface area (Å²) in [6.45, 7) is 0. The number of nitrogens with one attached hydrogen (secondary N) is 1. The fraction of sp³-hybridized carbons (Fsp3) is 1.00. The van der Waals surface area contributed by atoms with Crippen LogP contribution in [0.5, 0.6) is 0 Å². The third-order valence-corrected chi connectivity index (χ3v) is 5.21. The molecule has 0 aromatic heterocycles. The molecule has 0 amide bonds. The van der Waals surface area contributed by atoms with E-state index in [0.717, 1.165) is 0 Å². The van der Waals surface area contributed by atoms with Crippen LogP contribution in [0.1, 0.15) is 0 Å². The quantitative estimate of drug-likeness (QED) is 0.362. The molecular weight excluding hydrogens is 262 g/mol. The number of rotatable bonds is 10. The third-order valence-electron chi connectivity index (χ3n) is 2.37. The van der Waals surface area contributed by atoms with Crippen molar-refractivity contribution in [1.29, 1.82) is 0 Å². The van der Waals surface area contributed by atoms with Crippen molar-refractivity contribution < 1.29 is 27.8 Å². The Kier molecular flexibility index (Phi) is 8.36. The molecule has 7 nitrogen and oxygen atoms in total. The van der Waals surface area contributed by atoms with Crippen LogP contribution in [0.4, 0.5) is 0 Å². The van der Waals surface area contributed by atoms with Crippen LogP contribution in [-0.4, -0.2) is 73.3 Å². The van der Waals surface area contributed by atoms with Crippen LogP contribution in [0.25, 0.3) is 0 Å². The van der Waals surface area contributed by atoms with Crippen molar-refractivity contribution in [1.82, 2.24) is 5.32 Å². The van der Waals surface area contributed by atoms with Gasteiger partial charge >= 0.3 is 0 Å². The van der Waals surface area contributed by atoms with Crippen LogP contribution < -0.4 is 5.32 Å². The van der Waals surface area contributed by atoms with Gasteiger partial charge in [0.25, 0.3) is 0 Å². The summed E-state index contributed by atoms with van der Waals surface area (Å²) in [6, 6.07) is 0. The number of methoxy groups -OCH3 is 4. The maximum atomic E-state index is 5.34. The predicted molar refractivity (Wildman–Crippen MR) is 67.7 cm³/mol. The zero-order chi connectivity index (χ0) is 13.4. The van der Waals surface area contributed by atoms with Crippen LogP contribution in [0.2, 0.25) is 0 Å². The van der Waals surface area contributed by atoms with Gasteiger partial charge in [-0.2, -0.15) is 0 Å². The molecule has 0 aromatic rings. The number of hydrogen-bond acceptors (Lipinski definition) is 7. The van der Waals surface area contributed by atoms with E-state index in [2.05, 4.69) is 5.32 Å². The molecule has 9 heteroatoms. The number of ether oxygens (including phenoxy) is 4. The van der Waals surface area contributed by atoms with Gasteiger partial charge in [0, 0.05) is 42.7 Å². The lowest BCUT2D eigenvalue weighted by Crippen LogP contribution is -2.67. The van der Waals surface area contributed by atoms with Gasteiger partial charge in [-0.15, -0.1) is 0 Å². The monoisotopic (exact) mass is 285 g/mol. The molecule has 0 spiro atoms. The van der Waals surface area contributed by atoms with Crippen LogP contribution in [0.15, 0.2) is 0 Å². The lowest BCUT2D eigenvalue weighted by atomic mass is 10.9. The fourth-order valence-electron chi connectivity index (χ4n) is 1.35. The molecule has 0 aromatic carbocycles. The van der Waals surface area contributed by atoms with Crippen LogP contribution in [-0.2, 0) is 27.8 Å². The van der Waals surface area contributed by atoms with Crippen molar-refractivity contribution in [2.45, 2.75) is 11.1 Å². The summed E-state index contributed by atoms with van der Waals surface area (Å²) in [7, 11) is 7.08. The van der Waals surface area contributed by atoms with E-state index in [1.54, 1.807) is 14.2 Å². The Labute approximate surface area is 107 Å². The third kappa shape index (κ3) is 4.73. The predicted octanol–water partition coefficient (Wildman–Crippen LogP) is -2.16. The highest BCUT2D eigenvalue weighted by molar-refractivity contribution is 6.33. The molecule has 0 bridgehead atoms. The Hall–Kier alpha value is 0.154. The van der Waals surface area contributed by atoms with Crippen LogP contribution >= 0.6 is 0 Å². The Bertz CT molecular complexity index is 180. The van der Waals surface area contributed by atoms with Crippen molar-refractivity contribution in [3.05, 3.63) is 0 Å². The summed E-state index contributed by atoms with van der Waals surface area (Å²) in [5.41, 5.74) is -2.02. The van der Waals surface area contributed by atoms with Gasteiger partial charge in [0.15, 0.2) is 0 Å². The molecule has 0 aliphatic rings. The van der Waals surface area contributed by atoms with Crippen molar-refractivity contribution in [2.75, 3.05) is 42.7 Å². The van der Waals surface area contributed by atoms with E-state index in [1.807, 2.05) is 0 Å². The largest absolute Gasteiger partial charge is 0.419 e. The maximum Gasteiger partial charge on any atom is 0.247 e. The zero-order valence-electron chi connectivity index (χ0n) is 11.4. The molecule has 104 valence electrons. The minimum absolute atomic E-state index is 1.01. The Balaban J connectivity index is 4.89. The maximum absolute atomic E-state index is 5.34. The minimum atomic E-state index is -1.14. The van der Waals surface area contributed by atoms with E-state index in [0.29, 0.717) is 0 Å². The number of hydrogen-bond donors (Lipinski definition) is 1. The minimum Gasteiger partial charge on any atom is -0.419 e. The second kappa shape index (κ2) is 8.29. The Morgan fingerprint density at radius 2 is 0.941 bits per heavy atom. The molecule has 0 saturated carbocycles. The van der Waals surface area contributed by atoms with E-state index in [1.165, 1.54) is 28.4 Å². The first-order chi connectivity index (χ1) is 8.07. The zero-order valence-corrected chi connectivity index (χ0v) is 14.2. The summed E-state index contributed by atoms with van der Waals surface area (Å²) >= 11 is 0. The van der Waals surface area contributed by atoms with Crippen molar-refractivity contribution >= 4 is 19.5 Å².